The Kier molecular flexibility index (Phi) is 6.85. The lowest BCUT2D eigenvalue weighted by molar-refractivity contribution is -0.137. The highest BCUT2D eigenvalue weighted by atomic mass is 19.4. The topological polar surface area (TPSA) is 91.2 Å². The second-order valence-electron chi connectivity index (χ2n) is 6.56. The van der Waals surface area contributed by atoms with Gasteiger partial charge in [0.1, 0.15) is 18.9 Å². The van der Waals surface area contributed by atoms with E-state index in [4.69, 9.17) is 9.47 Å². The number of carbonyl (C=O) groups is 1. The molecule has 164 valence electrons. The summed E-state index contributed by atoms with van der Waals surface area (Å²) in [4.78, 5) is 13.5. The first kappa shape index (κ1) is 22.2. The summed E-state index contributed by atoms with van der Waals surface area (Å²) in [5, 5.41) is 14.4. The summed E-state index contributed by atoms with van der Waals surface area (Å²) in [5.41, 5.74) is 0.673. The molecule has 0 saturated heterocycles. The molecule has 11 heteroatoms. The zero-order valence-corrected chi connectivity index (χ0v) is 16.8. The highest BCUT2D eigenvalue weighted by molar-refractivity contribution is 5.92. The summed E-state index contributed by atoms with van der Waals surface area (Å²) in [5.74, 6) is -0.205. The number of aryl methyl sites for hydroxylation is 1. The Morgan fingerprint density at radius 1 is 1.16 bits per heavy atom. The molecule has 1 aromatic heterocycles. The fourth-order valence-corrected chi connectivity index (χ4v) is 2.72. The third kappa shape index (κ3) is 5.79. The first-order chi connectivity index (χ1) is 14.8. The van der Waals surface area contributed by atoms with Crippen LogP contribution in [-0.2, 0) is 22.3 Å². The zero-order valence-electron chi connectivity index (χ0n) is 16.8. The van der Waals surface area contributed by atoms with Crippen LogP contribution in [0.4, 0.5) is 18.9 Å². The molecule has 0 unspecified atom stereocenters. The molecule has 31 heavy (non-hydrogen) atoms. The van der Waals surface area contributed by atoms with E-state index in [9.17, 15) is 18.0 Å². The van der Waals surface area contributed by atoms with Crippen molar-refractivity contribution in [1.29, 1.82) is 0 Å². The van der Waals surface area contributed by atoms with Gasteiger partial charge in [-0.05, 0) is 35.9 Å². The Bertz CT molecular complexity index is 1050. The molecule has 0 fully saturated rings. The van der Waals surface area contributed by atoms with Gasteiger partial charge in [0.15, 0.2) is 0 Å². The number of ether oxygens (including phenoxy) is 2. The molecule has 2 aromatic carbocycles. The summed E-state index contributed by atoms with van der Waals surface area (Å²) in [6.45, 7) is 1.89. The fraction of sp³-hybridized carbons (Fsp3) is 0.300. The molecule has 1 N–H and O–H groups in total. The number of nitrogens with one attached hydrogen (secondary N) is 1. The smallest absolute Gasteiger partial charge is 0.416 e. The number of rotatable bonds is 8. The number of anilines is 1. The van der Waals surface area contributed by atoms with E-state index in [1.807, 2.05) is 31.2 Å². The number of carbonyl (C=O) groups excluding carboxylic acids is 1. The summed E-state index contributed by atoms with van der Waals surface area (Å²) in [6.07, 6.45) is -4.57. The molecule has 3 aromatic rings. The molecular formula is C20H20F3N5O3. The van der Waals surface area contributed by atoms with E-state index in [1.165, 1.54) is 7.11 Å². The van der Waals surface area contributed by atoms with Gasteiger partial charge in [0, 0.05) is 12.7 Å². The minimum absolute atomic E-state index is 0.0885. The summed E-state index contributed by atoms with van der Waals surface area (Å²) < 4.78 is 49.5. The van der Waals surface area contributed by atoms with Gasteiger partial charge in [-0.25, -0.2) is 0 Å². The van der Waals surface area contributed by atoms with Gasteiger partial charge < -0.3 is 14.8 Å². The monoisotopic (exact) mass is 435 g/mol. The maximum absolute atomic E-state index is 13.1. The minimum Gasteiger partial charge on any atom is -0.489 e. The first-order valence-corrected chi connectivity index (χ1v) is 9.24. The lowest BCUT2D eigenvalue weighted by atomic mass is 10.1. The Balaban J connectivity index is 1.75. The Morgan fingerprint density at radius 3 is 2.65 bits per heavy atom. The lowest BCUT2D eigenvalue weighted by Gasteiger charge is -2.15. The predicted molar refractivity (Wildman–Crippen MR) is 105 cm³/mol. The molecular weight excluding hydrogens is 415 g/mol. The molecule has 0 spiro atoms. The summed E-state index contributed by atoms with van der Waals surface area (Å²) in [6, 6.07) is 10.3. The van der Waals surface area contributed by atoms with E-state index in [0.29, 0.717) is 5.82 Å². The number of hydrogen-bond acceptors (Lipinski definition) is 6. The van der Waals surface area contributed by atoms with Gasteiger partial charge in [0.05, 0.1) is 17.9 Å². The van der Waals surface area contributed by atoms with Crippen LogP contribution in [0.15, 0.2) is 42.5 Å². The molecule has 1 heterocycles. The predicted octanol–water partition coefficient (Wildman–Crippen LogP) is 3.33. The van der Waals surface area contributed by atoms with E-state index in [2.05, 4.69) is 20.7 Å². The fourth-order valence-electron chi connectivity index (χ4n) is 2.72. The highest BCUT2D eigenvalue weighted by Gasteiger charge is 2.31. The summed E-state index contributed by atoms with van der Waals surface area (Å²) in [7, 11) is 1.47. The van der Waals surface area contributed by atoms with Crippen LogP contribution in [0.2, 0.25) is 0 Å². The van der Waals surface area contributed by atoms with E-state index in [-0.39, 0.29) is 31.2 Å². The molecule has 1 amide bonds. The molecule has 0 aliphatic heterocycles. The van der Waals surface area contributed by atoms with Crippen LogP contribution in [0, 0.1) is 6.92 Å². The molecule has 0 aliphatic rings. The van der Waals surface area contributed by atoms with Gasteiger partial charge >= 0.3 is 6.18 Å². The lowest BCUT2D eigenvalue weighted by Crippen LogP contribution is -2.21. The number of aromatic nitrogens is 4. The van der Waals surface area contributed by atoms with E-state index in [1.54, 1.807) is 0 Å². The Morgan fingerprint density at radius 2 is 1.94 bits per heavy atom. The van der Waals surface area contributed by atoms with Gasteiger partial charge in [0.25, 0.3) is 0 Å². The molecule has 3 rings (SSSR count). The van der Waals surface area contributed by atoms with Crippen LogP contribution in [0.5, 0.6) is 5.75 Å². The van der Waals surface area contributed by atoms with Crippen LogP contribution >= 0.6 is 0 Å². The van der Waals surface area contributed by atoms with Gasteiger partial charge in [-0.3, -0.25) is 4.79 Å². The number of hydrogen-bond donors (Lipinski definition) is 1. The van der Waals surface area contributed by atoms with Crippen LogP contribution in [0.25, 0.3) is 11.4 Å². The number of amides is 1. The normalized spacial score (nSPS) is 11.4. The van der Waals surface area contributed by atoms with Gasteiger partial charge in [-0.15, -0.1) is 10.2 Å². The molecule has 0 radical (unpaired) electrons. The van der Waals surface area contributed by atoms with E-state index < -0.39 is 17.6 Å². The molecule has 0 atom stereocenters. The molecule has 0 aliphatic carbocycles. The number of tetrazole rings is 1. The van der Waals surface area contributed by atoms with Crippen molar-refractivity contribution in [3.63, 3.8) is 0 Å². The third-order valence-corrected chi connectivity index (χ3v) is 4.25. The molecule has 8 nitrogen and oxygen atoms in total. The standard InChI is InChI=1S/C20H20F3N5O3/c1-13-5-3-4-6-15(13)19-25-27-28(26-19)12-18(29)24-16-11-14(20(21,22)23)7-8-17(16)31-10-9-30-2/h3-8,11H,9-10,12H2,1-2H3,(H,24,29). The second kappa shape index (κ2) is 9.56. The van der Waals surface area contributed by atoms with Crippen molar-refractivity contribution >= 4 is 11.6 Å². The largest absolute Gasteiger partial charge is 0.489 e. The highest BCUT2D eigenvalue weighted by Crippen LogP contribution is 2.35. The van der Waals surface area contributed by atoms with Crippen molar-refractivity contribution in [3.8, 4) is 17.1 Å². The maximum atomic E-state index is 13.1. The average Bonchev–Trinajstić information content (AvgIpc) is 3.16. The van der Waals surface area contributed by atoms with Crippen molar-refractivity contribution in [1.82, 2.24) is 20.2 Å². The van der Waals surface area contributed by atoms with E-state index >= 15 is 0 Å². The SMILES string of the molecule is COCCOc1ccc(C(F)(F)F)cc1NC(=O)Cn1nnc(-c2ccccc2C)n1. The molecule has 0 bridgehead atoms. The summed E-state index contributed by atoms with van der Waals surface area (Å²) >= 11 is 0. The third-order valence-electron chi connectivity index (χ3n) is 4.25. The van der Waals surface area contributed by atoms with Crippen molar-refractivity contribution in [2.24, 2.45) is 0 Å². The van der Waals surface area contributed by atoms with Crippen molar-refractivity contribution < 1.29 is 27.4 Å². The van der Waals surface area contributed by atoms with Crippen LogP contribution in [-0.4, -0.2) is 46.4 Å². The van der Waals surface area contributed by atoms with E-state index in [0.717, 1.165) is 34.1 Å². The number of alkyl halides is 3. The minimum atomic E-state index is -4.57. The quantitative estimate of drug-likeness (QED) is 0.546. The Labute approximate surface area is 176 Å². The average molecular weight is 435 g/mol. The van der Waals surface area contributed by atoms with Crippen molar-refractivity contribution in [2.75, 3.05) is 25.6 Å². The van der Waals surface area contributed by atoms with Crippen LogP contribution in [0.1, 0.15) is 11.1 Å². The second-order valence-corrected chi connectivity index (χ2v) is 6.56. The van der Waals surface area contributed by atoms with Crippen LogP contribution < -0.4 is 10.1 Å². The number of benzene rings is 2. The Hall–Kier alpha value is -3.47. The number of halogens is 3. The first-order valence-electron chi connectivity index (χ1n) is 9.24. The van der Waals surface area contributed by atoms with Crippen molar-refractivity contribution in [3.05, 3.63) is 53.6 Å². The van der Waals surface area contributed by atoms with Gasteiger partial charge in [-0.2, -0.15) is 18.0 Å². The number of methoxy groups -OCH3 is 1. The van der Waals surface area contributed by atoms with Gasteiger partial charge in [0.2, 0.25) is 11.7 Å². The van der Waals surface area contributed by atoms with Gasteiger partial charge in [-0.1, -0.05) is 24.3 Å². The molecule has 0 saturated carbocycles. The van der Waals surface area contributed by atoms with Crippen LogP contribution in [0.3, 0.4) is 0 Å². The maximum Gasteiger partial charge on any atom is 0.416 e. The van der Waals surface area contributed by atoms with Crippen molar-refractivity contribution in [2.45, 2.75) is 19.6 Å². The zero-order chi connectivity index (χ0) is 22.4. The number of nitrogens with zero attached hydrogens (tertiary/aromatic N) is 4.